The Hall–Kier alpha value is -3.72. The van der Waals surface area contributed by atoms with Crippen molar-refractivity contribution in [1.29, 1.82) is 5.26 Å². The van der Waals surface area contributed by atoms with Gasteiger partial charge < -0.3 is 4.90 Å². The number of pyridine rings is 1. The molecule has 0 unspecified atom stereocenters. The summed E-state index contributed by atoms with van der Waals surface area (Å²) in [5.41, 5.74) is 3.55. The first-order chi connectivity index (χ1) is 14.6. The molecule has 0 aliphatic carbocycles. The van der Waals surface area contributed by atoms with Gasteiger partial charge >= 0.3 is 5.69 Å². The second-order valence-corrected chi connectivity index (χ2v) is 7.09. The van der Waals surface area contributed by atoms with E-state index >= 15 is 0 Å². The van der Waals surface area contributed by atoms with Crippen LogP contribution >= 0.6 is 0 Å². The minimum absolute atomic E-state index is 0.0218. The number of nitrogens with zero attached hydrogens (tertiary/aromatic N) is 4. The Balaban J connectivity index is 1.86. The van der Waals surface area contributed by atoms with Gasteiger partial charge in [0, 0.05) is 25.4 Å². The zero-order valence-electron chi connectivity index (χ0n) is 17.0. The molecule has 6 heteroatoms. The summed E-state index contributed by atoms with van der Waals surface area (Å²) < 4.78 is 0. The van der Waals surface area contributed by atoms with Gasteiger partial charge in [-0.3, -0.25) is 10.1 Å². The Morgan fingerprint density at radius 3 is 2.53 bits per heavy atom. The van der Waals surface area contributed by atoms with Crippen molar-refractivity contribution in [3.63, 3.8) is 0 Å². The highest BCUT2D eigenvalue weighted by Gasteiger charge is 2.20. The van der Waals surface area contributed by atoms with Gasteiger partial charge in [0.05, 0.1) is 16.6 Å². The van der Waals surface area contributed by atoms with E-state index in [1.807, 2.05) is 47.4 Å². The van der Waals surface area contributed by atoms with Gasteiger partial charge in [-0.15, -0.1) is 0 Å². The van der Waals surface area contributed by atoms with Crippen molar-refractivity contribution in [3.8, 4) is 17.2 Å². The number of anilines is 1. The third kappa shape index (κ3) is 5.00. The first-order valence-electron chi connectivity index (χ1n) is 10.1. The Bertz CT molecular complexity index is 1040. The summed E-state index contributed by atoms with van der Waals surface area (Å²) in [7, 11) is 0. The highest BCUT2D eigenvalue weighted by molar-refractivity contribution is 5.70. The van der Waals surface area contributed by atoms with Crippen molar-refractivity contribution >= 4 is 11.5 Å². The molecule has 0 spiro atoms. The molecule has 1 aromatic heterocycles. The fraction of sp³-hybridized carbons (Fsp3) is 0.250. The lowest BCUT2D eigenvalue weighted by Gasteiger charge is -2.23. The van der Waals surface area contributed by atoms with E-state index in [-0.39, 0.29) is 10.6 Å². The topological polar surface area (TPSA) is 83.1 Å². The van der Waals surface area contributed by atoms with E-state index in [0.717, 1.165) is 36.0 Å². The normalized spacial score (nSPS) is 10.4. The van der Waals surface area contributed by atoms with Crippen LogP contribution in [0.3, 0.4) is 0 Å². The maximum atomic E-state index is 11.5. The summed E-state index contributed by atoms with van der Waals surface area (Å²) in [5.74, 6) is 0.400. The van der Waals surface area contributed by atoms with Gasteiger partial charge in [0.2, 0.25) is 5.82 Å². The fourth-order valence-electron chi connectivity index (χ4n) is 3.43. The van der Waals surface area contributed by atoms with Crippen LogP contribution in [-0.2, 0) is 6.54 Å². The Morgan fingerprint density at radius 2 is 1.83 bits per heavy atom. The largest absolute Gasteiger partial charge is 0.347 e. The molecular formula is C24H24N4O2. The zero-order valence-corrected chi connectivity index (χ0v) is 17.0. The van der Waals surface area contributed by atoms with Crippen LogP contribution in [0.5, 0.6) is 0 Å². The second kappa shape index (κ2) is 10.2. The Kier molecular flexibility index (Phi) is 7.12. The molecule has 1 heterocycles. The molecule has 0 atom stereocenters. The van der Waals surface area contributed by atoms with Gasteiger partial charge in [-0.1, -0.05) is 62.2 Å². The quantitative estimate of drug-likeness (QED) is 0.260. The van der Waals surface area contributed by atoms with E-state index < -0.39 is 0 Å². The summed E-state index contributed by atoms with van der Waals surface area (Å²) in [6, 6.07) is 20.8. The van der Waals surface area contributed by atoms with E-state index in [9.17, 15) is 15.4 Å². The number of unbranched alkanes of at least 4 members (excludes halogenated alkanes) is 2. The third-order valence-electron chi connectivity index (χ3n) is 4.98. The van der Waals surface area contributed by atoms with Crippen molar-refractivity contribution in [2.45, 2.75) is 32.7 Å². The summed E-state index contributed by atoms with van der Waals surface area (Å²) in [4.78, 5) is 17.4. The van der Waals surface area contributed by atoms with Crippen LogP contribution in [-0.4, -0.2) is 16.5 Å². The molecule has 0 amide bonds. The lowest BCUT2D eigenvalue weighted by atomic mass is 9.99. The molecule has 152 valence electrons. The van der Waals surface area contributed by atoms with Crippen molar-refractivity contribution in [1.82, 2.24) is 4.98 Å². The number of hydrogen-bond acceptors (Lipinski definition) is 5. The maximum absolute atomic E-state index is 11.5. The van der Waals surface area contributed by atoms with Crippen LogP contribution in [0.2, 0.25) is 0 Å². The van der Waals surface area contributed by atoms with Crippen LogP contribution in [0.25, 0.3) is 11.1 Å². The van der Waals surface area contributed by atoms with Gasteiger partial charge in [-0.25, -0.2) is 4.98 Å². The average molecular weight is 400 g/mol. The van der Waals surface area contributed by atoms with Crippen LogP contribution < -0.4 is 4.90 Å². The second-order valence-electron chi connectivity index (χ2n) is 7.09. The van der Waals surface area contributed by atoms with Gasteiger partial charge in [0.25, 0.3) is 0 Å². The molecule has 0 radical (unpaired) electrons. The molecule has 0 aliphatic rings. The minimum Gasteiger partial charge on any atom is -0.347 e. The predicted octanol–water partition coefficient (Wildman–Crippen LogP) is 5.73. The summed E-state index contributed by atoms with van der Waals surface area (Å²) in [6.45, 7) is 3.36. The molecule has 2 aromatic carbocycles. The number of rotatable bonds is 9. The lowest BCUT2D eigenvalue weighted by molar-refractivity contribution is -0.384. The lowest BCUT2D eigenvalue weighted by Crippen LogP contribution is -2.25. The Labute approximate surface area is 176 Å². The summed E-state index contributed by atoms with van der Waals surface area (Å²) >= 11 is 0. The molecule has 30 heavy (non-hydrogen) atoms. The molecule has 0 saturated heterocycles. The maximum Gasteiger partial charge on any atom is 0.311 e. The highest BCUT2D eigenvalue weighted by Crippen LogP contribution is 2.28. The van der Waals surface area contributed by atoms with Crippen molar-refractivity contribution in [2.24, 2.45) is 0 Å². The molecule has 0 saturated carbocycles. The van der Waals surface area contributed by atoms with E-state index in [1.165, 1.54) is 6.07 Å². The number of benzene rings is 2. The summed E-state index contributed by atoms with van der Waals surface area (Å²) in [6.07, 6.45) is 4.67. The molecule has 3 aromatic rings. The SMILES string of the molecule is CCCCCN(Cc1ccc(-c2ccccc2C#N)cc1)c1ncccc1[N+](=O)[O-]. The van der Waals surface area contributed by atoms with Crippen LogP contribution in [0.1, 0.15) is 37.3 Å². The van der Waals surface area contributed by atoms with Crippen LogP contribution in [0.15, 0.2) is 66.9 Å². The van der Waals surface area contributed by atoms with E-state index in [2.05, 4.69) is 18.0 Å². The van der Waals surface area contributed by atoms with Gasteiger partial charge in [0.1, 0.15) is 0 Å². The first-order valence-corrected chi connectivity index (χ1v) is 10.1. The highest BCUT2D eigenvalue weighted by atomic mass is 16.6. The molecule has 0 bridgehead atoms. The molecule has 0 aliphatic heterocycles. The average Bonchev–Trinajstić information content (AvgIpc) is 2.79. The fourth-order valence-corrected chi connectivity index (χ4v) is 3.43. The molecule has 6 nitrogen and oxygen atoms in total. The first kappa shape index (κ1) is 21.0. The van der Waals surface area contributed by atoms with Crippen LogP contribution in [0, 0.1) is 21.4 Å². The van der Waals surface area contributed by atoms with E-state index in [1.54, 1.807) is 18.3 Å². The van der Waals surface area contributed by atoms with Gasteiger partial charge in [-0.05, 0) is 35.2 Å². The van der Waals surface area contributed by atoms with Crippen molar-refractivity contribution < 1.29 is 4.92 Å². The standard InChI is InChI=1S/C24H24N4O2/c1-2-3-6-16-27(24-23(28(29)30)10-7-15-26-24)18-19-11-13-20(14-12-19)22-9-5-4-8-21(22)17-25/h4-5,7-15H,2-3,6,16,18H2,1H3. The van der Waals surface area contributed by atoms with E-state index in [0.29, 0.717) is 24.5 Å². The molecule has 0 fully saturated rings. The summed E-state index contributed by atoms with van der Waals surface area (Å²) in [5, 5.41) is 20.8. The monoisotopic (exact) mass is 400 g/mol. The number of nitro groups is 1. The molecular weight excluding hydrogens is 376 g/mol. The Morgan fingerprint density at radius 1 is 1.07 bits per heavy atom. The number of hydrogen-bond donors (Lipinski definition) is 0. The third-order valence-corrected chi connectivity index (χ3v) is 4.98. The van der Waals surface area contributed by atoms with Gasteiger partial charge in [0.15, 0.2) is 0 Å². The zero-order chi connectivity index (χ0) is 21.3. The number of nitriles is 1. The van der Waals surface area contributed by atoms with Gasteiger partial charge in [-0.2, -0.15) is 5.26 Å². The smallest absolute Gasteiger partial charge is 0.311 e. The minimum atomic E-state index is -0.378. The van der Waals surface area contributed by atoms with Crippen molar-refractivity contribution in [2.75, 3.05) is 11.4 Å². The van der Waals surface area contributed by atoms with Crippen molar-refractivity contribution in [3.05, 3.63) is 88.1 Å². The van der Waals surface area contributed by atoms with E-state index in [4.69, 9.17) is 0 Å². The number of aromatic nitrogens is 1. The molecule has 3 rings (SSSR count). The molecule has 0 N–H and O–H groups in total. The predicted molar refractivity (Wildman–Crippen MR) is 118 cm³/mol. The van der Waals surface area contributed by atoms with Crippen LogP contribution in [0.4, 0.5) is 11.5 Å².